The van der Waals surface area contributed by atoms with Crippen molar-refractivity contribution in [3.05, 3.63) is 54.1 Å². The van der Waals surface area contributed by atoms with E-state index in [1.807, 2.05) is 30.3 Å². The summed E-state index contributed by atoms with van der Waals surface area (Å²) in [5, 5.41) is 0. The number of hydrogen-bond donors (Lipinski definition) is 1. The molecule has 2 rings (SSSR count). The Labute approximate surface area is 112 Å². The van der Waals surface area contributed by atoms with Crippen LogP contribution < -0.4 is 15.2 Å². The van der Waals surface area contributed by atoms with Gasteiger partial charge in [-0.15, -0.1) is 0 Å². The molecule has 0 aliphatic carbocycles. The summed E-state index contributed by atoms with van der Waals surface area (Å²) in [7, 11) is 1.59. The molecule has 0 saturated carbocycles. The van der Waals surface area contributed by atoms with Gasteiger partial charge in [-0.2, -0.15) is 0 Å². The summed E-state index contributed by atoms with van der Waals surface area (Å²) in [5.74, 6) is 1.22. The molecule has 4 heteroatoms. The van der Waals surface area contributed by atoms with Crippen LogP contribution in [-0.4, -0.2) is 13.9 Å². The van der Waals surface area contributed by atoms with Crippen LogP contribution in [-0.2, 0) is 11.3 Å². The van der Waals surface area contributed by atoms with E-state index in [9.17, 15) is 0 Å². The summed E-state index contributed by atoms with van der Waals surface area (Å²) in [4.78, 5) is 0. The SMILES string of the molecule is COc1ccc(N)cc1OCOCc1ccccc1. The highest BCUT2D eigenvalue weighted by Crippen LogP contribution is 2.28. The van der Waals surface area contributed by atoms with E-state index in [-0.39, 0.29) is 6.79 Å². The molecule has 2 N–H and O–H groups in total. The van der Waals surface area contributed by atoms with Crippen LogP contribution in [0.3, 0.4) is 0 Å². The fraction of sp³-hybridized carbons (Fsp3) is 0.200. The van der Waals surface area contributed by atoms with Gasteiger partial charge >= 0.3 is 0 Å². The van der Waals surface area contributed by atoms with Crippen molar-refractivity contribution < 1.29 is 14.2 Å². The van der Waals surface area contributed by atoms with E-state index in [0.717, 1.165) is 5.56 Å². The van der Waals surface area contributed by atoms with Crippen molar-refractivity contribution in [2.75, 3.05) is 19.6 Å². The van der Waals surface area contributed by atoms with Crippen molar-refractivity contribution in [2.45, 2.75) is 6.61 Å². The van der Waals surface area contributed by atoms with Crippen molar-refractivity contribution in [3.8, 4) is 11.5 Å². The van der Waals surface area contributed by atoms with E-state index in [2.05, 4.69) is 0 Å². The molecule has 2 aromatic carbocycles. The van der Waals surface area contributed by atoms with Crippen molar-refractivity contribution in [3.63, 3.8) is 0 Å². The standard InChI is InChI=1S/C15H17NO3/c1-17-14-8-7-13(16)9-15(14)19-11-18-10-12-5-3-2-4-6-12/h2-9H,10-11,16H2,1H3. The molecule has 0 radical (unpaired) electrons. The van der Waals surface area contributed by atoms with Gasteiger partial charge in [-0.1, -0.05) is 30.3 Å². The minimum Gasteiger partial charge on any atom is -0.493 e. The quantitative estimate of drug-likeness (QED) is 0.492. The maximum absolute atomic E-state index is 5.70. The molecule has 0 heterocycles. The van der Waals surface area contributed by atoms with Crippen molar-refractivity contribution in [1.29, 1.82) is 0 Å². The van der Waals surface area contributed by atoms with Gasteiger partial charge in [-0.05, 0) is 17.7 Å². The number of hydrogen-bond acceptors (Lipinski definition) is 4. The first-order valence-electron chi connectivity index (χ1n) is 5.97. The smallest absolute Gasteiger partial charge is 0.189 e. The fourth-order valence-corrected chi connectivity index (χ4v) is 1.64. The number of methoxy groups -OCH3 is 1. The second-order valence-electron chi connectivity index (χ2n) is 4.01. The van der Waals surface area contributed by atoms with Gasteiger partial charge in [0, 0.05) is 11.8 Å². The predicted octanol–water partition coefficient (Wildman–Crippen LogP) is 2.83. The third kappa shape index (κ3) is 3.89. The molecule has 100 valence electrons. The Morgan fingerprint density at radius 1 is 1.00 bits per heavy atom. The maximum atomic E-state index is 5.70. The molecular weight excluding hydrogens is 242 g/mol. The maximum Gasteiger partial charge on any atom is 0.189 e. The van der Waals surface area contributed by atoms with E-state index in [4.69, 9.17) is 19.9 Å². The Balaban J connectivity index is 1.84. The summed E-state index contributed by atoms with van der Waals surface area (Å²) in [6.45, 7) is 0.653. The lowest BCUT2D eigenvalue weighted by atomic mass is 10.2. The van der Waals surface area contributed by atoms with Gasteiger partial charge in [0.15, 0.2) is 18.3 Å². The Kier molecular flexibility index (Phi) is 4.64. The first-order chi connectivity index (χ1) is 9.29. The molecule has 0 spiro atoms. The van der Waals surface area contributed by atoms with Gasteiger partial charge in [0.2, 0.25) is 0 Å². The highest BCUT2D eigenvalue weighted by atomic mass is 16.7. The molecule has 0 bridgehead atoms. The Bertz CT molecular complexity index is 514. The van der Waals surface area contributed by atoms with E-state index >= 15 is 0 Å². The second-order valence-corrected chi connectivity index (χ2v) is 4.01. The van der Waals surface area contributed by atoms with Gasteiger partial charge in [-0.3, -0.25) is 0 Å². The lowest BCUT2D eigenvalue weighted by Gasteiger charge is -2.11. The zero-order valence-electron chi connectivity index (χ0n) is 10.8. The van der Waals surface area contributed by atoms with Crippen LogP contribution >= 0.6 is 0 Å². The molecule has 0 fully saturated rings. The first-order valence-corrected chi connectivity index (χ1v) is 5.97. The molecule has 0 aliphatic rings. The van der Waals surface area contributed by atoms with Gasteiger partial charge in [0.25, 0.3) is 0 Å². The molecule has 19 heavy (non-hydrogen) atoms. The zero-order chi connectivity index (χ0) is 13.5. The third-order valence-corrected chi connectivity index (χ3v) is 2.60. The number of ether oxygens (including phenoxy) is 3. The number of nitrogen functional groups attached to an aromatic ring is 1. The number of nitrogens with two attached hydrogens (primary N) is 1. The van der Waals surface area contributed by atoms with Gasteiger partial charge < -0.3 is 19.9 Å². The summed E-state index contributed by atoms with van der Waals surface area (Å²) < 4.78 is 16.1. The average Bonchev–Trinajstić information content (AvgIpc) is 2.45. The Hall–Kier alpha value is -2.20. The summed E-state index contributed by atoms with van der Waals surface area (Å²) in [6.07, 6.45) is 0. The van der Waals surface area contributed by atoms with Gasteiger partial charge in [0.1, 0.15) is 0 Å². The third-order valence-electron chi connectivity index (χ3n) is 2.60. The molecule has 0 saturated heterocycles. The van der Waals surface area contributed by atoms with Gasteiger partial charge in [0.05, 0.1) is 13.7 Å². The Morgan fingerprint density at radius 2 is 1.79 bits per heavy atom. The summed E-state index contributed by atoms with van der Waals surface area (Å²) >= 11 is 0. The number of rotatable bonds is 6. The summed E-state index contributed by atoms with van der Waals surface area (Å²) in [5.41, 5.74) is 7.43. The highest BCUT2D eigenvalue weighted by Gasteiger charge is 2.04. The van der Waals surface area contributed by atoms with Crippen molar-refractivity contribution in [1.82, 2.24) is 0 Å². The van der Waals surface area contributed by atoms with E-state index in [1.54, 1.807) is 25.3 Å². The predicted molar refractivity (Wildman–Crippen MR) is 74.1 cm³/mol. The lowest BCUT2D eigenvalue weighted by molar-refractivity contribution is 0.00380. The summed E-state index contributed by atoms with van der Waals surface area (Å²) in [6, 6.07) is 15.2. The van der Waals surface area contributed by atoms with E-state index < -0.39 is 0 Å². The lowest BCUT2D eigenvalue weighted by Crippen LogP contribution is -2.04. The monoisotopic (exact) mass is 259 g/mol. The molecule has 0 unspecified atom stereocenters. The van der Waals surface area contributed by atoms with Crippen LogP contribution in [0.4, 0.5) is 5.69 Å². The van der Waals surface area contributed by atoms with Crippen LogP contribution in [0.15, 0.2) is 48.5 Å². The van der Waals surface area contributed by atoms with E-state index in [1.165, 1.54) is 0 Å². The number of benzene rings is 2. The minimum absolute atomic E-state index is 0.148. The second kappa shape index (κ2) is 6.66. The van der Waals surface area contributed by atoms with Crippen molar-refractivity contribution in [2.24, 2.45) is 0 Å². The van der Waals surface area contributed by atoms with Crippen LogP contribution in [0.2, 0.25) is 0 Å². The molecule has 0 atom stereocenters. The molecule has 0 aliphatic heterocycles. The van der Waals surface area contributed by atoms with Crippen molar-refractivity contribution >= 4 is 5.69 Å². The number of anilines is 1. The molecule has 0 amide bonds. The van der Waals surface area contributed by atoms with Crippen LogP contribution in [0.25, 0.3) is 0 Å². The molecule has 4 nitrogen and oxygen atoms in total. The van der Waals surface area contributed by atoms with Crippen LogP contribution in [0, 0.1) is 0 Å². The zero-order valence-corrected chi connectivity index (χ0v) is 10.8. The van der Waals surface area contributed by atoms with Crippen LogP contribution in [0.5, 0.6) is 11.5 Å². The topological polar surface area (TPSA) is 53.7 Å². The molecular formula is C15H17NO3. The minimum atomic E-state index is 0.148. The Morgan fingerprint density at radius 3 is 2.53 bits per heavy atom. The fourth-order valence-electron chi connectivity index (χ4n) is 1.64. The molecule has 0 aromatic heterocycles. The normalized spacial score (nSPS) is 10.2. The van der Waals surface area contributed by atoms with Crippen LogP contribution in [0.1, 0.15) is 5.56 Å². The first kappa shape index (κ1) is 13.2. The average molecular weight is 259 g/mol. The highest BCUT2D eigenvalue weighted by molar-refractivity contribution is 5.51. The van der Waals surface area contributed by atoms with E-state index in [0.29, 0.717) is 23.8 Å². The van der Waals surface area contributed by atoms with Gasteiger partial charge in [-0.25, -0.2) is 0 Å². The molecule has 2 aromatic rings. The largest absolute Gasteiger partial charge is 0.493 e.